The standard InChI is InChI=1S/C21H25N3O3.ClH/c1-15-7-8-17(21(26)24-9-11-27-12-10-24)13-19(15)23-20(25)14-18(22)16-5-3-2-4-6-16;/h2-8,13,18H,9-12,14,22H2,1H3,(H,23,25);1H. The Morgan fingerprint density at radius 2 is 1.82 bits per heavy atom. The number of halogens is 1. The second-order valence-electron chi connectivity index (χ2n) is 6.70. The molecule has 1 saturated heterocycles. The third-order valence-corrected chi connectivity index (χ3v) is 4.69. The summed E-state index contributed by atoms with van der Waals surface area (Å²) < 4.78 is 5.29. The zero-order valence-electron chi connectivity index (χ0n) is 15.9. The number of hydrogen-bond donors (Lipinski definition) is 2. The average Bonchev–Trinajstić information content (AvgIpc) is 2.70. The van der Waals surface area contributed by atoms with Gasteiger partial charge in [0.05, 0.1) is 13.2 Å². The lowest BCUT2D eigenvalue weighted by Gasteiger charge is -2.27. The summed E-state index contributed by atoms with van der Waals surface area (Å²) in [5, 5.41) is 2.89. The van der Waals surface area contributed by atoms with Gasteiger partial charge in [0.25, 0.3) is 5.91 Å². The van der Waals surface area contributed by atoms with E-state index in [2.05, 4.69) is 5.32 Å². The molecule has 1 fully saturated rings. The van der Waals surface area contributed by atoms with E-state index < -0.39 is 0 Å². The number of rotatable bonds is 5. The fourth-order valence-corrected chi connectivity index (χ4v) is 3.06. The fraction of sp³-hybridized carbons (Fsp3) is 0.333. The van der Waals surface area contributed by atoms with Gasteiger partial charge in [-0.1, -0.05) is 36.4 Å². The van der Waals surface area contributed by atoms with E-state index in [0.29, 0.717) is 37.6 Å². The number of ether oxygens (including phenoxy) is 1. The largest absolute Gasteiger partial charge is 0.378 e. The van der Waals surface area contributed by atoms with Crippen molar-refractivity contribution in [3.8, 4) is 0 Å². The minimum atomic E-state index is -0.371. The first kappa shape index (κ1) is 21.9. The Bertz CT molecular complexity index is 808. The predicted octanol–water partition coefficient (Wildman–Crippen LogP) is 2.92. The lowest BCUT2D eigenvalue weighted by molar-refractivity contribution is -0.116. The molecule has 2 amide bonds. The van der Waals surface area contributed by atoms with Crippen molar-refractivity contribution in [1.82, 2.24) is 4.90 Å². The van der Waals surface area contributed by atoms with E-state index in [9.17, 15) is 9.59 Å². The SMILES string of the molecule is Cc1ccc(C(=O)N2CCOCC2)cc1NC(=O)CC(N)c1ccccc1.Cl. The third kappa shape index (κ3) is 5.55. The molecule has 6 nitrogen and oxygen atoms in total. The molecular weight excluding hydrogens is 378 g/mol. The van der Waals surface area contributed by atoms with Crippen LogP contribution in [0.4, 0.5) is 5.69 Å². The summed E-state index contributed by atoms with van der Waals surface area (Å²) in [5.41, 5.74) is 9.14. The lowest BCUT2D eigenvalue weighted by atomic mass is 10.0. The number of aryl methyl sites for hydroxylation is 1. The molecule has 1 aliphatic heterocycles. The van der Waals surface area contributed by atoms with Gasteiger partial charge >= 0.3 is 0 Å². The molecule has 0 spiro atoms. The quantitative estimate of drug-likeness (QED) is 0.803. The maximum atomic E-state index is 12.6. The van der Waals surface area contributed by atoms with Gasteiger partial charge in [-0.25, -0.2) is 0 Å². The van der Waals surface area contributed by atoms with Gasteiger partial charge < -0.3 is 20.7 Å². The topological polar surface area (TPSA) is 84.7 Å². The van der Waals surface area contributed by atoms with E-state index >= 15 is 0 Å². The maximum absolute atomic E-state index is 12.6. The first-order chi connectivity index (χ1) is 13.0. The van der Waals surface area contributed by atoms with E-state index in [1.165, 1.54) is 0 Å². The zero-order valence-corrected chi connectivity index (χ0v) is 16.7. The van der Waals surface area contributed by atoms with Gasteiger partial charge in [-0.3, -0.25) is 9.59 Å². The highest BCUT2D eigenvalue weighted by atomic mass is 35.5. The summed E-state index contributed by atoms with van der Waals surface area (Å²) in [7, 11) is 0. The Morgan fingerprint density at radius 3 is 2.50 bits per heavy atom. The number of nitrogens with zero attached hydrogens (tertiary/aromatic N) is 1. The molecule has 7 heteroatoms. The van der Waals surface area contributed by atoms with Crippen molar-refractivity contribution in [2.45, 2.75) is 19.4 Å². The number of benzene rings is 2. The molecule has 2 aromatic rings. The van der Waals surface area contributed by atoms with Gasteiger partial charge in [-0.15, -0.1) is 12.4 Å². The van der Waals surface area contributed by atoms with Crippen LogP contribution < -0.4 is 11.1 Å². The number of morpholine rings is 1. The van der Waals surface area contributed by atoms with E-state index in [4.69, 9.17) is 10.5 Å². The van der Waals surface area contributed by atoms with Crippen molar-refractivity contribution in [1.29, 1.82) is 0 Å². The Morgan fingerprint density at radius 1 is 1.14 bits per heavy atom. The summed E-state index contributed by atoms with van der Waals surface area (Å²) in [6.45, 7) is 4.17. The van der Waals surface area contributed by atoms with Crippen molar-refractivity contribution in [2.75, 3.05) is 31.6 Å². The average molecular weight is 404 g/mol. The van der Waals surface area contributed by atoms with Gasteiger partial charge in [0.15, 0.2) is 0 Å². The van der Waals surface area contributed by atoms with Crippen LogP contribution in [0.2, 0.25) is 0 Å². The second kappa shape index (κ2) is 10.2. The number of hydrogen-bond acceptors (Lipinski definition) is 4. The van der Waals surface area contributed by atoms with Gasteiger partial charge in [0.2, 0.25) is 5.91 Å². The summed E-state index contributed by atoms with van der Waals surface area (Å²) in [4.78, 5) is 26.8. The van der Waals surface area contributed by atoms with Gasteiger partial charge in [0.1, 0.15) is 0 Å². The Hall–Kier alpha value is -2.41. The van der Waals surface area contributed by atoms with Gasteiger partial charge in [-0.2, -0.15) is 0 Å². The maximum Gasteiger partial charge on any atom is 0.254 e. The first-order valence-corrected chi connectivity index (χ1v) is 9.12. The van der Waals surface area contributed by atoms with Crippen LogP contribution in [0.1, 0.15) is 33.9 Å². The van der Waals surface area contributed by atoms with Crippen molar-refractivity contribution in [3.63, 3.8) is 0 Å². The molecule has 3 N–H and O–H groups in total. The van der Waals surface area contributed by atoms with Crippen molar-refractivity contribution >= 4 is 29.9 Å². The van der Waals surface area contributed by atoms with Crippen LogP contribution in [0.25, 0.3) is 0 Å². The smallest absolute Gasteiger partial charge is 0.254 e. The molecule has 0 saturated carbocycles. The molecular formula is C21H26ClN3O3. The highest BCUT2D eigenvalue weighted by molar-refractivity contribution is 5.98. The molecule has 1 aliphatic rings. The predicted molar refractivity (Wildman–Crippen MR) is 112 cm³/mol. The third-order valence-electron chi connectivity index (χ3n) is 4.69. The molecule has 0 bridgehead atoms. The minimum absolute atomic E-state index is 0. The van der Waals surface area contributed by atoms with E-state index in [-0.39, 0.29) is 36.7 Å². The molecule has 0 aliphatic carbocycles. The fourth-order valence-electron chi connectivity index (χ4n) is 3.06. The Balaban J connectivity index is 0.00000280. The molecule has 150 valence electrons. The number of carbonyl (C=O) groups excluding carboxylic acids is 2. The highest BCUT2D eigenvalue weighted by Crippen LogP contribution is 2.20. The monoisotopic (exact) mass is 403 g/mol. The molecule has 0 aromatic heterocycles. The van der Waals surface area contributed by atoms with E-state index in [0.717, 1.165) is 11.1 Å². The first-order valence-electron chi connectivity index (χ1n) is 9.12. The second-order valence-corrected chi connectivity index (χ2v) is 6.70. The lowest BCUT2D eigenvalue weighted by Crippen LogP contribution is -2.40. The van der Waals surface area contributed by atoms with Crippen LogP contribution in [-0.2, 0) is 9.53 Å². The molecule has 28 heavy (non-hydrogen) atoms. The van der Waals surface area contributed by atoms with E-state index in [1.807, 2.05) is 43.3 Å². The molecule has 1 atom stereocenters. The van der Waals surface area contributed by atoms with Crippen LogP contribution in [0.3, 0.4) is 0 Å². The van der Waals surface area contributed by atoms with Gasteiger partial charge in [0, 0.05) is 36.8 Å². The summed E-state index contributed by atoms with van der Waals surface area (Å²) in [5.74, 6) is -0.222. The number of nitrogens with one attached hydrogen (secondary N) is 1. The highest BCUT2D eigenvalue weighted by Gasteiger charge is 2.20. The Labute approximate surface area is 171 Å². The van der Waals surface area contributed by atoms with Crippen LogP contribution in [0.5, 0.6) is 0 Å². The molecule has 0 radical (unpaired) electrons. The molecule has 2 aromatic carbocycles. The minimum Gasteiger partial charge on any atom is -0.378 e. The van der Waals surface area contributed by atoms with E-state index in [1.54, 1.807) is 17.0 Å². The molecule has 1 heterocycles. The van der Waals surface area contributed by atoms with Crippen LogP contribution in [-0.4, -0.2) is 43.0 Å². The molecule has 1 unspecified atom stereocenters. The van der Waals surface area contributed by atoms with Gasteiger partial charge in [-0.05, 0) is 30.2 Å². The van der Waals surface area contributed by atoms with Crippen molar-refractivity contribution in [3.05, 3.63) is 65.2 Å². The Kier molecular flexibility index (Phi) is 7.99. The van der Waals surface area contributed by atoms with Crippen LogP contribution in [0.15, 0.2) is 48.5 Å². The normalized spacial score (nSPS) is 14.7. The molecule has 3 rings (SSSR count). The zero-order chi connectivity index (χ0) is 19.2. The number of amides is 2. The van der Waals surface area contributed by atoms with Crippen molar-refractivity contribution in [2.24, 2.45) is 5.73 Å². The summed E-state index contributed by atoms with van der Waals surface area (Å²) in [6, 6.07) is 14.5. The number of nitrogens with two attached hydrogens (primary N) is 1. The number of carbonyl (C=O) groups is 2. The number of anilines is 1. The summed E-state index contributed by atoms with van der Waals surface area (Å²) >= 11 is 0. The van der Waals surface area contributed by atoms with Crippen LogP contribution in [0, 0.1) is 6.92 Å². The summed E-state index contributed by atoms with van der Waals surface area (Å²) in [6.07, 6.45) is 0.172. The van der Waals surface area contributed by atoms with Crippen molar-refractivity contribution < 1.29 is 14.3 Å². The van der Waals surface area contributed by atoms with Crippen LogP contribution >= 0.6 is 12.4 Å².